The van der Waals surface area contributed by atoms with Gasteiger partial charge in [-0.15, -0.1) is 0 Å². The second-order valence-electron chi connectivity index (χ2n) is 5.34. The van der Waals surface area contributed by atoms with Crippen LogP contribution in [0.3, 0.4) is 0 Å². The fourth-order valence-corrected chi connectivity index (χ4v) is 2.86. The van der Waals surface area contributed by atoms with Gasteiger partial charge in [0, 0.05) is 31.5 Å². The molecule has 112 valence electrons. The van der Waals surface area contributed by atoms with Crippen LogP contribution in [-0.4, -0.2) is 39.0 Å². The fraction of sp³-hybridized carbons (Fsp3) is 0.400. The first kappa shape index (κ1) is 14.2. The lowest BCUT2D eigenvalue weighted by Gasteiger charge is -2.24. The van der Waals surface area contributed by atoms with E-state index in [4.69, 9.17) is 0 Å². The number of benzene rings is 1. The largest absolute Gasteiger partial charge is 0.392 e. The molecule has 0 unspecified atom stereocenters. The number of likely N-dealkylation sites (tertiary alicyclic amines) is 1. The van der Waals surface area contributed by atoms with Gasteiger partial charge in [-0.1, -0.05) is 6.07 Å². The van der Waals surface area contributed by atoms with Crippen molar-refractivity contribution in [2.24, 2.45) is 0 Å². The molecule has 4 nitrogen and oxygen atoms in total. The van der Waals surface area contributed by atoms with E-state index in [0.717, 1.165) is 6.07 Å². The smallest absolute Gasteiger partial charge is 0.159 e. The highest BCUT2D eigenvalue weighted by Gasteiger charge is 2.32. The Kier molecular flexibility index (Phi) is 3.98. The number of halogens is 2. The molecule has 1 N–H and O–H groups in total. The SMILES string of the molecule is O[C@H]1C[C@H](c2ccc(F)c(F)c2)N(CCn2cccn2)C1. The molecule has 0 amide bonds. The van der Waals surface area contributed by atoms with Crippen molar-refractivity contribution in [3.05, 3.63) is 53.9 Å². The van der Waals surface area contributed by atoms with Crippen molar-refractivity contribution < 1.29 is 13.9 Å². The lowest BCUT2D eigenvalue weighted by molar-refractivity contribution is 0.172. The van der Waals surface area contributed by atoms with E-state index in [1.165, 1.54) is 6.07 Å². The van der Waals surface area contributed by atoms with Gasteiger partial charge in [0.15, 0.2) is 11.6 Å². The second kappa shape index (κ2) is 5.91. The van der Waals surface area contributed by atoms with E-state index in [-0.39, 0.29) is 6.04 Å². The van der Waals surface area contributed by atoms with E-state index in [1.54, 1.807) is 12.3 Å². The molecule has 1 aromatic heterocycles. The maximum atomic E-state index is 13.4. The molecular formula is C15H17F2N3O. The van der Waals surface area contributed by atoms with Gasteiger partial charge in [-0.3, -0.25) is 9.58 Å². The van der Waals surface area contributed by atoms with Crippen LogP contribution < -0.4 is 0 Å². The summed E-state index contributed by atoms with van der Waals surface area (Å²) in [6.07, 6.45) is 3.68. The average Bonchev–Trinajstić information content (AvgIpc) is 3.09. The van der Waals surface area contributed by atoms with Crippen LogP contribution in [0, 0.1) is 11.6 Å². The molecule has 1 saturated heterocycles. The number of hydrogen-bond acceptors (Lipinski definition) is 3. The van der Waals surface area contributed by atoms with Crippen molar-refractivity contribution in [3.8, 4) is 0 Å². The first-order valence-electron chi connectivity index (χ1n) is 6.98. The van der Waals surface area contributed by atoms with E-state index in [2.05, 4.69) is 10.00 Å². The summed E-state index contributed by atoms with van der Waals surface area (Å²) in [4.78, 5) is 2.08. The molecule has 0 aliphatic carbocycles. The minimum Gasteiger partial charge on any atom is -0.392 e. The number of nitrogens with zero attached hydrogens (tertiary/aromatic N) is 3. The van der Waals surface area contributed by atoms with E-state index < -0.39 is 17.7 Å². The Morgan fingerprint density at radius 2 is 2.10 bits per heavy atom. The van der Waals surface area contributed by atoms with Crippen molar-refractivity contribution >= 4 is 0 Å². The zero-order chi connectivity index (χ0) is 14.8. The summed E-state index contributed by atoms with van der Waals surface area (Å²) in [5.41, 5.74) is 0.700. The molecule has 0 bridgehead atoms. The highest BCUT2D eigenvalue weighted by molar-refractivity contribution is 5.22. The third kappa shape index (κ3) is 3.11. The maximum absolute atomic E-state index is 13.4. The number of aliphatic hydroxyl groups excluding tert-OH is 1. The summed E-state index contributed by atoms with van der Waals surface area (Å²) in [6, 6.07) is 5.71. The van der Waals surface area contributed by atoms with Crippen LogP contribution in [0.1, 0.15) is 18.0 Å². The minimum absolute atomic E-state index is 0.0920. The number of hydrogen-bond donors (Lipinski definition) is 1. The highest BCUT2D eigenvalue weighted by atomic mass is 19.2. The zero-order valence-corrected chi connectivity index (χ0v) is 11.5. The van der Waals surface area contributed by atoms with Crippen molar-refractivity contribution in [2.75, 3.05) is 13.1 Å². The van der Waals surface area contributed by atoms with Gasteiger partial charge >= 0.3 is 0 Å². The minimum atomic E-state index is -0.847. The van der Waals surface area contributed by atoms with Crippen LogP contribution in [0.2, 0.25) is 0 Å². The van der Waals surface area contributed by atoms with Crippen LogP contribution in [0.5, 0.6) is 0 Å². The number of aromatic nitrogens is 2. The van der Waals surface area contributed by atoms with E-state index in [9.17, 15) is 13.9 Å². The molecule has 0 radical (unpaired) electrons. The maximum Gasteiger partial charge on any atom is 0.159 e. The first-order valence-corrected chi connectivity index (χ1v) is 6.98. The van der Waals surface area contributed by atoms with Crippen LogP contribution >= 0.6 is 0 Å². The average molecular weight is 293 g/mol. The molecule has 0 saturated carbocycles. The Balaban J connectivity index is 1.73. The van der Waals surface area contributed by atoms with Gasteiger partial charge in [0.2, 0.25) is 0 Å². The molecule has 1 fully saturated rings. The molecule has 1 aliphatic heterocycles. The van der Waals surface area contributed by atoms with Gasteiger partial charge < -0.3 is 5.11 Å². The van der Waals surface area contributed by atoms with Crippen LogP contribution in [0.25, 0.3) is 0 Å². The Bertz CT molecular complexity index is 603. The van der Waals surface area contributed by atoms with Gasteiger partial charge in [-0.05, 0) is 30.2 Å². The molecule has 3 rings (SSSR count). The molecule has 2 aromatic rings. The quantitative estimate of drug-likeness (QED) is 0.937. The van der Waals surface area contributed by atoms with Crippen molar-refractivity contribution in [1.29, 1.82) is 0 Å². The Labute approximate surface area is 121 Å². The van der Waals surface area contributed by atoms with Crippen LogP contribution in [0.4, 0.5) is 8.78 Å². The second-order valence-corrected chi connectivity index (χ2v) is 5.34. The number of β-amino-alcohol motifs (C(OH)–C–C–N with tert-alkyl or cyclic N) is 1. The van der Waals surface area contributed by atoms with Gasteiger partial charge in [0.05, 0.1) is 12.6 Å². The van der Waals surface area contributed by atoms with Gasteiger partial charge in [-0.25, -0.2) is 8.78 Å². The highest BCUT2D eigenvalue weighted by Crippen LogP contribution is 2.32. The van der Waals surface area contributed by atoms with E-state index in [1.807, 2.05) is 16.9 Å². The monoisotopic (exact) mass is 293 g/mol. The lowest BCUT2D eigenvalue weighted by atomic mass is 10.0. The summed E-state index contributed by atoms with van der Waals surface area (Å²) < 4.78 is 28.3. The van der Waals surface area contributed by atoms with E-state index >= 15 is 0 Å². The normalized spacial score (nSPS) is 22.8. The molecule has 1 aromatic carbocycles. The topological polar surface area (TPSA) is 41.3 Å². The summed E-state index contributed by atoms with van der Waals surface area (Å²) in [5, 5.41) is 14.0. The first-order chi connectivity index (χ1) is 10.1. The molecular weight excluding hydrogens is 276 g/mol. The lowest BCUT2D eigenvalue weighted by Crippen LogP contribution is -2.28. The third-order valence-electron chi connectivity index (χ3n) is 3.89. The summed E-state index contributed by atoms with van der Waals surface area (Å²) in [7, 11) is 0. The van der Waals surface area contributed by atoms with Crippen LogP contribution in [0.15, 0.2) is 36.7 Å². The molecule has 1 aliphatic rings. The van der Waals surface area contributed by atoms with Gasteiger partial charge in [-0.2, -0.15) is 5.10 Å². The zero-order valence-electron chi connectivity index (χ0n) is 11.5. The Morgan fingerprint density at radius 1 is 1.24 bits per heavy atom. The van der Waals surface area contributed by atoms with Crippen molar-refractivity contribution in [2.45, 2.75) is 25.1 Å². The summed E-state index contributed by atoms with van der Waals surface area (Å²) >= 11 is 0. The fourth-order valence-electron chi connectivity index (χ4n) is 2.86. The predicted molar refractivity (Wildman–Crippen MR) is 73.5 cm³/mol. The number of aliphatic hydroxyl groups is 1. The van der Waals surface area contributed by atoms with Gasteiger partial charge in [0.1, 0.15) is 0 Å². The molecule has 2 atom stereocenters. The molecule has 6 heteroatoms. The number of rotatable bonds is 4. The Morgan fingerprint density at radius 3 is 2.81 bits per heavy atom. The van der Waals surface area contributed by atoms with Crippen LogP contribution in [-0.2, 0) is 6.54 Å². The summed E-state index contributed by atoms with van der Waals surface area (Å²) in [5.74, 6) is -1.69. The predicted octanol–water partition coefficient (Wildman–Crippen LogP) is 1.97. The third-order valence-corrected chi connectivity index (χ3v) is 3.89. The summed E-state index contributed by atoms with van der Waals surface area (Å²) in [6.45, 7) is 1.92. The van der Waals surface area contributed by atoms with Gasteiger partial charge in [0.25, 0.3) is 0 Å². The van der Waals surface area contributed by atoms with Crippen molar-refractivity contribution in [1.82, 2.24) is 14.7 Å². The standard InChI is InChI=1S/C15H17F2N3O/c16-13-3-2-11(8-14(13)17)15-9-12(21)10-19(15)6-7-20-5-1-4-18-20/h1-5,8,12,15,21H,6-7,9-10H2/t12-,15+/m0/s1. The Hall–Kier alpha value is -1.79. The van der Waals surface area contributed by atoms with E-state index in [0.29, 0.717) is 31.6 Å². The van der Waals surface area contributed by atoms with Crippen molar-refractivity contribution in [3.63, 3.8) is 0 Å². The molecule has 0 spiro atoms. The molecule has 2 heterocycles. The molecule has 21 heavy (non-hydrogen) atoms.